The van der Waals surface area contributed by atoms with Crippen LogP contribution in [-0.4, -0.2) is 87.4 Å². The maximum absolute atomic E-state index is 12.9. The summed E-state index contributed by atoms with van der Waals surface area (Å²) < 4.78 is 23.0. The van der Waals surface area contributed by atoms with Crippen LogP contribution in [0.5, 0.6) is 0 Å². The lowest BCUT2D eigenvalue weighted by atomic mass is 10.0. The third kappa shape index (κ3) is 63.1. The molecule has 0 saturated heterocycles. The molecule has 0 amide bonds. The second-order valence-electron chi connectivity index (χ2n) is 24.8. The van der Waals surface area contributed by atoms with E-state index in [1.807, 2.05) is 21.1 Å². The van der Waals surface area contributed by atoms with E-state index in [2.05, 4.69) is 50.3 Å². The summed E-state index contributed by atoms with van der Waals surface area (Å²) in [5, 5.41) is 9.74. The van der Waals surface area contributed by atoms with Gasteiger partial charge >= 0.3 is 17.9 Å². The Balaban J connectivity index is 4.08. The number of likely N-dealkylation sites (N-methyl/N-ethyl adjacent to an activating group) is 1. The molecule has 0 radical (unpaired) electrons. The molecule has 9 nitrogen and oxygen atoms in total. The van der Waals surface area contributed by atoms with E-state index in [4.69, 9.17) is 18.9 Å². The zero-order valence-electron chi connectivity index (χ0n) is 53.8. The van der Waals surface area contributed by atoms with E-state index in [-0.39, 0.29) is 38.2 Å². The van der Waals surface area contributed by atoms with Crippen LogP contribution in [0.2, 0.25) is 0 Å². The standard InChI is InChI=1S/C71H133NO8/c1-6-8-10-12-14-16-18-20-22-24-26-28-30-32-33-34-35-36-37-38-40-42-44-46-48-50-52-54-56-58-60-62-69(74)80-67(66-79-71(70(75)76)77-64-63-72(3,4)5)65-78-68(73)61-59-57-55-53-51-49-47-45-43-41-39-31-29-27-25-23-21-19-17-15-13-11-9-7-2/h18,20,24,26,30,32,67,71H,6-17,19,21-23,25,27-29,31,33-66H2,1-5H3/p+1/b20-18-,26-24-,32-30-. The number of rotatable bonds is 65. The minimum atomic E-state index is -1.51. The largest absolute Gasteiger partial charge is 0.477 e. The molecule has 0 spiro atoms. The summed E-state index contributed by atoms with van der Waals surface area (Å²) in [4.78, 5) is 37.6. The number of aliphatic carboxylic acids is 1. The second kappa shape index (κ2) is 62.6. The van der Waals surface area contributed by atoms with Crippen molar-refractivity contribution in [2.24, 2.45) is 0 Å². The number of hydrogen-bond donors (Lipinski definition) is 1. The number of carbonyl (C=O) groups is 3. The van der Waals surface area contributed by atoms with Crippen LogP contribution < -0.4 is 0 Å². The van der Waals surface area contributed by atoms with Crippen molar-refractivity contribution in [1.29, 1.82) is 0 Å². The van der Waals surface area contributed by atoms with Gasteiger partial charge in [0.2, 0.25) is 0 Å². The molecule has 80 heavy (non-hydrogen) atoms. The first-order chi connectivity index (χ1) is 39.1. The molecule has 1 N–H and O–H groups in total. The molecule has 0 bridgehead atoms. The van der Waals surface area contributed by atoms with E-state index in [1.54, 1.807) is 0 Å². The van der Waals surface area contributed by atoms with Gasteiger partial charge in [-0.3, -0.25) is 9.59 Å². The zero-order chi connectivity index (χ0) is 58.3. The second-order valence-corrected chi connectivity index (χ2v) is 24.8. The van der Waals surface area contributed by atoms with Gasteiger partial charge in [-0.15, -0.1) is 0 Å². The number of hydrogen-bond acceptors (Lipinski definition) is 7. The van der Waals surface area contributed by atoms with Crippen molar-refractivity contribution in [3.8, 4) is 0 Å². The van der Waals surface area contributed by atoms with Crippen molar-refractivity contribution in [2.75, 3.05) is 47.5 Å². The Morgan fingerprint density at radius 2 is 0.675 bits per heavy atom. The normalized spacial score (nSPS) is 12.9. The fourth-order valence-electron chi connectivity index (χ4n) is 10.3. The highest BCUT2D eigenvalue weighted by Gasteiger charge is 2.25. The first-order valence-corrected chi connectivity index (χ1v) is 34.7. The van der Waals surface area contributed by atoms with Gasteiger partial charge in [0.1, 0.15) is 13.2 Å². The zero-order valence-corrected chi connectivity index (χ0v) is 53.8. The third-order valence-corrected chi connectivity index (χ3v) is 15.6. The summed E-state index contributed by atoms with van der Waals surface area (Å²) in [6.07, 6.45) is 75.4. The first-order valence-electron chi connectivity index (χ1n) is 34.7. The van der Waals surface area contributed by atoms with Gasteiger partial charge in [-0.2, -0.15) is 0 Å². The Labute approximate surface area is 496 Å². The molecule has 0 fully saturated rings. The number of unbranched alkanes of at least 4 members (excludes halogenated alkanes) is 44. The SMILES string of the molecule is CCCCCCC/C=C\C/C=C\C/C=C\CCCCCCCCCCCCCCCCCCC(=O)OC(COC(=O)CCCCCCCCCCCCCCCCCCCCCCCCCC)COC(OCC[N+](C)(C)C)C(=O)O. The summed E-state index contributed by atoms with van der Waals surface area (Å²) in [5.74, 6) is -1.98. The van der Waals surface area contributed by atoms with Crippen LogP contribution in [0.25, 0.3) is 0 Å². The van der Waals surface area contributed by atoms with Crippen LogP contribution in [-0.2, 0) is 33.3 Å². The van der Waals surface area contributed by atoms with Crippen LogP contribution in [0.1, 0.15) is 341 Å². The Morgan fingerprint density at radius 1 is 0.375 bits per heavy atom. The Bertz CT molecular complexity index is 1410. The molecular formula is C71H134NO8+. The van der Waals surface area contributed by atoms with E-state index in [9.17, 15) is 19.5 Å². The molecule has 0 aliphatic carbocycles. The number of carboxylic acid groups (broad SMARTS) is 1. The van der Waals surface area contributed by atoms with Gasteiger partial charge in [-0.05, 0) is 51.4 Å². The quantitative estimate of drug-likeness (QED) is 0.0211. The summed E-state index contributed by atoms with van der Waals surface area (Å²) in [5.41, 5.74) is 0. The van der Waals surface area contributed by atoms with E-state index < -0.39 is 18.4 Å². The van der Waals surface area contributed by atoms with Gasteiger partial charge < -0.3 is 28.5 Å². The van der Waals surface area contributed by atoms with Crippen LogP contribution in [0.3, 0.4) is 0 Å². The molecule has 0 aromatic carbocycles. The molecule has 0 rings (SSSR count). The lowest BCUT2D eigenvalue weighted by Crippen LogP contribution is -2.40. The van der Waals surface area contributed by atoms with Crippen molar-refractivity contribution < 1.29 is 42.9 Å². The Hall–Kier alpha value is -2.49. The molecule has 0 saturated carbocycles. The van der Waals surface area contributed by atoms with E-state index in [0.717, 1.165) is 51.4 Å². The predicted molar refractivity (Wildman–Crippen MR) is 341 cm³/mol. The van der Waals surface area contributed by atoms with E-state index >= 15 is 0 Å². The highest BCUT2D eigenvalue weighted by Crippen LogP contribution is 2.18. The molecule has 9 heteroatoms. The molecule has 2 atom stereocenters. The minimum absolute atomic E-state index is 0.176. The highest BCUT2D eigenvalue weighted by atomic mass is 16.7. The fraction of sp³-hybridized carbons (Fsp3) is 0.873. The summed E-state index contributed by atoms with van der Waals surface area (Å²) in [7, 11) is 5.99. The van der Waals surface area contributed by atoms with Crippen LogP contribution in [0.4, 0.5) is 0 Å². The molecule has 0 aliphatic heterocycles. The summed E-state index contributed by atoms with van der Waals surface area (Å²) in [6, 6.07) is 0. The van der Waals surface area contributed by atoms with Gasteiger partial charge in [0, 0.05) is 12.8 Å². The average molecular weight is 1130 g/mol. The third-order valence-electron chi connectivity index (χ3n) is 15.6. The molecule has 0 aliphatic rings. The van der Waals surface area contributed by atoms with Crippen molar-refractivity contribution in [3.63, 3.8) is 0 Å². The lowest BCUT2D eigenvalue weighted by molar-refractivity contribution is -0.870. The van der Waals surface area contributed by atoms with Gasteiger partial charge in [0.05, 0.1) is 34.4 Å². The van der Waals surface area contributed by atoms with Crippen LogP contribution in [0.15, 0.2) is 36.5 Å². The van der Waals surface area contributed by atoms with Crippen LogP contribution >= 0.6 is 0 Å². The van der Waals surface area contributed by atoms with Crippen molar-refractivity contribution in [1.82, 2.24) is 0 Å². The molecule has 0 aromatic heterocycles. The topological polar surface area (TPSA) is 108 Å². The average Bonchev–Trinajstić information content (AvgIpc) is 3.43. The number of allylic oxidation sites excluding steroid dienone is 6. The van der Waals surface area contributed by atoms with Gasteiger partial charge in [0.25, 0.3) is 6.29 Å². The smallest absolute Gasteiger partial charge is 0.361 e. The Kier molecular flexibility index (Phi) is 60.6. The monoisotopic (exact) mass is 1130 g/mol. The van der Waals surface area contributed by atoms with E-state index in [0.29, 0.717) is 17.4 Å². The van der Waals surface area contributed by atoms with Crippen molar-refractivity contribution in [2.45, 2.75) is 354 Å². The number of esters is 2. The lowest BCUT2D eigenvalue weighted by Gasteiger charge is -2.25. The fourth-order valence-corrected chi connectivity index (χ4v) is 10.3. The maximum atomic E-state index is 12.9. The number of ether oxygens (including phenoxy) is 4. The summed E-state index contributed by atoms with van der Waals surface area (Å²) >= 11 is 0. The minimum Gasteiger partial charge on any atom is -0.477 e. The molecule has 0 heterocycles. The van der Waals surface area contributed by atoms with Crippen molar-refractivity contribution >= 4 is 17.9 Å². The van der Waals surface area contributed by atoms with Crippen molar-refractivity contribution in [3.05, 3.63) is 36.5 Å². The summed E-state index contributed by atoms with van der Waals surface area (Å²) in [6.45, 7) is 4.93. The number of nitrogens with zero attached hydrogens (tertiary/aromatic N) is 1. The Morgan fingerprint density at radius 3 is 1.00 bits per heavy atom. The van der Waals surface area contributed by atoms with E-state index in [1.165, 1.54) is 263 Å². The number of carboxylic acids is 1. The molecule has 0 aromatic rings. The number of quaternary nitrogens is 1. The first kappa shape index (κ1) is 77.5. The number of carbonyl (C=O) groups excluding carboxylic acids is 2. The maximum Gasteiger partial charge on any atom is 0.361 e. The van der Waals surface area contributed by atoms with Gasteiger partial charge in [-0.1, -0.05) is 314 Å². The van der Waals surface area contributed by atoms with Gasteiger partial charge in [0.15, 0.2) is 6.10 Å². The molecular weight excluding hydrogens is 995 g/mol. The molecule has 2 unspecified atom stereocenters. The van der Waals surface area contributed by atoms with Gasteiger partial charge in [-0.25, -0.2) is 4.79 Å². The highest BCUT2D eigenvalue weighted by molar-refractivity contribution is 5.71. The molecule has 470 valence electrons. The predicted octanol–water partition coefficient (Wildman–Crippen LogP) is 21.2. The van der Waals surface area contributed by atoms with Crippen LogP contribution in [0, 0.1) is 0 Å².